The molecule has 136 valence electrons. The molecule has 9 heteroatoms. The molecule has 1 aliphatic carbocycles. The van der Waals surface area contributed by atoms with Crippen molar-refractivity contribution in [1.29, 1.82) is 0 Å². The summed E-state index contributed by atoms with van der Waals surface area (Å²) in [6.45, 7) is 5.13. The van der Waals surface area contributed by atoms with E-state index in [4.69, 9.17) is 16.3 Å². The SMILES string of the molecule is C=CCNC(=O)[C@H](C)OC(=O)c1ccc(Cl)c(S(=O)(=O)NC2CC2)c1. The fourth-order valence-electron chi connectivity index (χ4n) is 1.92. The average molecular weight is 387 g/mol. The number of esters is 1. The van der Waals surface area contributed by atoms with Gasteiger partial charge in [-0.3, -0.25) is 4.79 Å². The van der Waals surface area contributed by atoms with Crippen LogP contribution in [0.5, 0.6) is 0 Å². The van der Waals surface area contributed by atoms with Crippen LogP contribution < -0.4 is 10.0 Å². The van der Waals surface area contributed by atoms with Gasteiger partial charge in [0.05, 0.1) is 10.6 Å². The first kappa shape index (κ1) is 19.4. The first-order valence-corrected chi connectivity index (χ1v) is 9.52. The summed E-state index contributed by atoms with van der Waals surface area (Å²) in [5, 5.41) is 2.50. The summed E-state index contributed by atoms with van der Waals surface area (Å²) in [4.78, 5) is 23.7. The molecule has 0 aromatic heterocycles. The topological polar surface area (TPSA) is 102 Å². The second-order valence-corrected chi connectivity index (χ2v) is 7.71. The number of nitrogens with one attached hydrogen (secondary N) is 2. The lowest BCUT2D eigenvalue weighted by Gasteiger charge is -2.14. The van der Waals surface area contributed by atoms with Crippen LogP contribution in [0.4, 0.5) is 0 Å². The standard InChI is InChI=1S/C16H19ClN2O5S/c1-3-8-18-15(20)10(2)24-16(21)11-4-7-13(17)14(9-11)25(22,23)19-12-5-6-12/h3-4,7,9-10,12,19H,1,5-6,8H2,2H3,(H,18,20)/t10-/m0/s1. The molecule has 1 aliphatic rings. The van der Waals surface area contributed by atoms with Crippen molar-refractivity contribution >= 4 is 33.5 Å². The van der Waals surface area contributed by atoms with E-state index in [-0.39, 0.29) is 28.1 Å². The van der Waals surface area contributed by atoms with E-state index in [1.807, 2.05) is 0 Å². The van der Waals surface area contributed by atoms with Gasteiger partial charge >= 0.3 is 5.97 Å². The summed E-state index contributed by atoms with van der Waals surface area (Å²) in [6, 6.07) is 3.70. The molecule has 1 aromatic carbocycles. The van der Waals surface area contributed by atoms with E-state index in [0.29, 0.717) is 0 Å². The Morgan fingerprint density at radius 3 is 2.72 bits per heavy atom. The molecule has 0 aliphatic heterocycles. The lowest BCUT2D eigenvalue weighted by atomic mass is 10.2. The number of hydrogen-bond acceptors (Lipinski definition) is 5. The number of carbonyl (C=O) groups is 2. The van der Waals surface area contributed by atoms with Gasteiger partial charge in [-0.25, -0.2) is 17.9 Å². The van der Waals surface area contributed by atoms with Gasteiger partial charge in [-0.15, -0.1) is 6.58 Å². The van der Waals surface area contributed by atoms with Crippen LogP contribution in [0.1, 0.15) is 30.1 Å². The van der Waals surface area contributed by atoms with Crippen molar-refractivity contribution in [3.05, 3.63) is 41.4 Å². The van der Waals surface area contributed by atoms with Crippen LogP contribution in [0.25, 0.3) is 0 Å². The van der Waals surface area contributed by atoms with Gasteiger partial charge in [-0.2, -0.15) is 0 Å². The Kier molecular flexibility index (Phi) is 6.21. The smallest absolute Gasteiger partial charge is 0.338 e. The highest BCUT2D eigenvalue weighted by molar-refractivity contribution is 7.89. The van der Waals surface area contributed by atoms with Crippen LogP contribution >= 0.6 is 11.6 Å². The van der Waals surface area contributed by atoms with Gasteiger partial charge < -0.3 is 10.1 Å². The molecule has 1 aromatic rings. The molecule has 1 saturated carbocycles. The minimum Gasteiger partial charge on any atom is -0.449 e. The summed E-state index contributed by atoms with van der Waals surface area (Å²) in [7, 11) is -3.82. The molecule has 0 heterocycles. The summed E-state index contributed by atoms with van der Waals surface area (Å²) >= 11 is 5.96. The van der Waals surface area contributed by atoms with Crippen LogP contribution in [-0.4, -0.2) is 39.0 Å². The van der Waals surface area contributed by atoms with E-state index in [2.05, 4.69) is 16.6 Å². The van der Waals surface area contributed by atoms with Crippen molar-refractivity contribution in [2.75, 3.05) is 6.54 Å². The molecule has 0 saturated heterocycles. The predicted molar refractivity (Wildman–Crippen MR) is 92.9 cm³/mol. The third-order valence-electron chi connectivity index (χ3n) is 3.43. The Morgan fingerprint density at radius 1 is 1.44 bits per heavy atom. The molecule has 2 N–H and O–H groups in total. The second-order valence-electron chi connectivity index (χ2n) is 5.62. The maximum atomic E-state index is 12.3. The van der Waals surface area contributed by atoms with Crippen LogP contribution in [0.3, 0.4) is 0 Å². The predicted octanol–water partition coefficient (Wildman–Crippen LogP) is 1.63. The van der Waals surface area contributed by atoms with E-state index in [1.54, 1.807) is 0 Å². The number of amides is 1. The Bertz CT molecular complexity index is 790. The van der Waals surface area contributed by atoms with Crippen LogP contribution in [0, 0.1) is 0 Å². The Labute approximate surface area is 151 Å². The molecule has 1 amide bonds. The molecule has 7 nitrogen and oxygen atoms in total. The maximum Gasteiger partial charge on any atom is 0.338 e. The fraction of sp³-hybridized carbons (Fsp3) is 0.375. The summed E-state index contributed by atoms with van der Waals surface area (Å²) in [5.41, 5.74) is -0.0102. The van der Waals surface area contributed by atoms with Gasteiger partial charge in [0.2, 0.25) is 10.0 Å². The van der Waals surface area contributed by atoms with Crippen molar-refractivity contribution in [2.24, 2.45) is 0 Å². The van der Waals surface area contributed by atoms with Crippen molar-refractivity contribution in [1.82, 2.24) is 10.0 Å². The third kappa shape index (κ3) is 5.29. The molecule has 0 bridgehead atoms. The van der Waals surface area contributed by atoms with Gasteiger partial charge in [0.1, 0.15) is 4.90 Å². The van der Waals surface area contributed by atoms with Crippen molar-refractivity contribution < 1.29 is 22.7 Å². The molecule has 0 unspecified atom stereocenters. The zero-order chi connectivity index (χ0) is 18.6. The molecular weight excluding hydrogens is 368 g/mol. The van der Waals surface area contributed by atoms with Gasteiger partial charge in [0, 0.05) is 12.6 Å². The summed E-state index contributed by atoms with van der Waals surface area (Å²) in [5.74, 6) is -1.30. The number of ether oxygens (including phenoxy) is 1. The lowest BCUT2D eigenvalue weighted by molar-refractivity contribution is -0.128. The highest BCUT2D eigenvalue weighted by atomic mass is 35.5. The van der Waals surface area contributed by atoms with Gasteiger partial charge in [-0.1, -0.05) is 17.7 Å². The summed E-state index contributed by atoms with van der Waals surface area (Å²) < 4.78 is 32.2. The molecule has 1 atom stereocenters. The number of benzene rings is 1. The lowest BCUT2D eigenvalue weighted by Crippen LogP contribution is -2.35. The molecule has 2 rings (SSSR count). The molecule has 0 spiro atoms. The Hall–Kier alpha value is -1.90. The van der Waals surface area contributed by atoms with E-state index < -0.39 is 28.0 Å². The van der Waals surface area contributed by atoms with Crippen LogP contribution in [-0.2, 0) is 19.6 Å². The molecule has 0 radical (unpaired) electrons. The van der Waals surface area contributed by atoms with Crippen molar-refractivity contribution in [2.45, 2.75) is 36.8 Å². The Morgan fingerprint density at radius 2 is 2.12 bits per heavy atom. The largest absolute Gasteiger partial charge is 0.449 e. The van der Waals surface area contributed by atoms with E-state index in [1.165, 1.54) is 25.1 Å². The van der Waals surface area contributed by atoms with E-state index in [9.17, 15) is 18.0 Å². The third-order valence-corrected chi connectivity index (χ3v) is 5.43. The normalized spacial score (nSPS) is 15.3. The number of rotatable bonds is 8. The zero-order valence-electron chi connectivity index (χ0n) is 13.6. The maximum absolute atomic E-state index is 12.3. The van der Waals surface area contributed by atoms with Gasteiger partial charge in [0.15, 0.2) is 6.10 Å². The number of sulfonamides is 1. The second kappa shape index (κ2) is 7.99. The first-order chi connectivity index (χ1) is 11.7. The average Bonchev–Trinajstić information content (AvgIpc) is 3.35. The molecule has 1 fully saturated rings. The zero-order valence-corrected chi connectivity index (χ0v) is 15.2. The number of carbonyl (C=O) groups excluding carboxylic acids is 2. The Balaban J connectivity index is 2.13. The summed E-state index contributed by atoms with van der Waals surface area (Å²) in [6.07, 6.45) is 2.01. The minimum atomic E-state index is -3.82. The quantitative estimate of drug-likeness (QED) is 0.522. The van der Waals surface area contributed by atoms with E-state index in [0.717, 1.165) is 18.9 Å². The molecule has 25 heavy (non-hydrogen) atoms. The molecular formula is C16H19ClN2O5S. The number of hydrogen-bond donors (Lipinski definition) is 2. The number of halogens is 1. The highest BCUT2D eigenvalue weighted by Gasteiger charge is 2.30. The monoisotopic (exact) mass is 386 g/mol. The van der Waals surface area contributed by atoms with Gasteiger partial charge in [0.25, 0.3) is 5.91 Å². The van der Waals surface area contributed by atoms with Crippen LogP contribution in [0.15, 0.2) is 35.7 Å². The van der Waals surface area contributed by atoms with E-state index >= 15 is 0 Å². The highest BCUT2D eigenvalue weighted by Crippen LogP contribution is 2.27. The van der Waals surface area contributed by atoms with Crippen molar-refractivity contribution in [3.8, 4) is 0 Å². The fourth-order valence-corrected chi connectivity index (χ4v) is 3.75. The first-order valence-electron chi connectivity index (χ1n) is 7.66. The minimum absolute atomic E-state index is 0.00137. The van der Waals surface area contributed by atoms with Crippen LogP contribution in [0.2, 0.25) is 5.02 Å². The van der Waals surface area contributed by atoms with Crippen molar-refractivity contribution in [3.63, 3.8) is 0 Å². The van der Waals surface area contributed by atoms with Gasteiger partial charge in [-0.05, 0) is 38.0 Å².